The van der Waals surface area contributed by atoms with Gasteiger partial charge in [-0.3, -0.25) is 0 Å². The fourth-order valence-corrected chi connectivity index (χ4v) is 4.49. The lowest BCUT2D eigenvalue weighted by Crippen LogP contribution is -2.12. The number of ether oxygens (including phenoxy) is 5. The van der Waals surface area contributed by atoms with Crippen molar-refractivity contribution in [2.75, 3.05) is 26.4 Å². The van der Waals surface area contributed by atoms with E-state index >= 15 is 0 Å². The maximum absolute atomic E-state index is 12.9. The van der Waals surface area contributed by atoms with E-state index in [1.165, 1.54) is 0 Å². The second-order valence-electron chi connectivity index (χ2n) is 10.1. The topological polar surface area (TPSA) is 63.2 Å². The molecule has 0 radical (unpaired) electrons. The minimum absolute atomic E-state index is 0.154. The fourth-order valence-electron chi connectivity index (χ4n) is 4.49. The van der Waals surface area contributed by atoms with Gasteiger partial charge in [-0.05, 0) is 52.6 Å². The first kappa shape index (κ1) is 30.5. The van der Waals surface area contributed by atoms with E-state index < -0.39 is 5.97 Å². The molecular formula is C38H36O6. The molecule has 0 heterocycles. The highest BCUT2D eigenvalue weighted by molar-refractivity contribution is 5.91. The second-order valence-corrected chi connectivity index (χ2v) is 10.1. The summed E-state index contributed by atoms with van der Waals surface area (Å²) in [5.74, 6) is 0.903. The van der Waals surface area contributed by atoms with Crippen molar-refractivity contribution in [2.45, 2.75) is 19.8 Å². The molecule has 0 fully saturated rings. The van der Waals surface area contributed by atoms with Crippen molar-refractivity contribution in [3.8, 4) is 22.6 Å². The predicted octanol–water partition coefficient (Wildman–Crippen LogP) is 7.90. The Morgan fingerprint density at radius 3 is 1.64 bits per heavy atom. The van der Waals surface area contributed by atoms with Crippen LogP contribution in [-0.2, 0) is 34.0 Å². The Morgan fingerprint density at radius 2 is 1.05 bits per heavy atom. The van der Waals surface area contributed by atoms with Crippen molar-refractivity contribution in [1.82, 2.24) is 0 Å². The average molecular weight is 589 g/mol. The summed E-state index contributed by atoms with van der Waals surface area (Å²) in [5.41, 5.74) is 5.46. The van der Waals surface area contributed by atoms with Gasteiger partial charge in [0.05, 0.1) is 32.0 Å². The van der Waals surface area contributed by atoms with Crippen LogP contribution in [0.25, 0.3) is 11.1 Å². The number of esters is 1. The van der Waals surface area contributed by atoms with Gasteiger partial charge in [-0.2, -0.15) is 0 Å². The predicted molar refractivity (Wildman–Crippen MR) is 171 cm³/mol. The number of benzene rings is 5. The molecule has 0 unspecified atom stereocenters. The number of hydrogen-bond acceptors (Lipinski definition) is 6. The third-order valence-corrected chi connectivity index (χ3v) is 6.80. The average Bonchev–Trinajstić information content (AvgIpc) is 3.08. The molecule has 0 saturated carbocycles. The van der Waals surface area contributed by atoms with Crippen molar-refractivity contribution in [2.24, 2.45) is 0 Å². The molecule has 0 N–H and O–H groups in total. The van der Waals surface area contributed by atoms with Gasteiger partial charge in [-0.1, -0.05) is 103 Å². The molecule has 5 aromatic rings. The van der Waals surface area contributed by atoms with Gasteiger partial charge >= 0.3 is 5.97 Å². The molecule has 6 nitrogen and oxygen atoms in total. The molecule has 5 rings (SSSR count). The van der Waals surface area contributed by atoms with E-state index in [9.17, 15) is 4.79 Å². The first-order valence-electron chi connectivity index (χ1n) is 14.7. The van der Waals surface area contributed by atoms with Gasteiger partial charge in [-0.25, -0.2) is 4.79 Å². The van der Waals surface area contributed by atoms with Crippen LogP contribution < -0.4 is 9.47 Å². The van der Waals surface area contributed by atoms with Gasteiger partial charge < -0.3 is 23.7 Å². The van der Waals surface area contributed by atoms with Crippen LogP contribution >= 0.6 is 0 Å². The standard InChI is InChI=1S/C38H36O6/c39-38(43-25-23-41-28-31-12-6-2-7-13-31)34-18-21-36(37(26-34)42-24-22-40-27-30-10-4-1-5-11-30)33-16-19-35(20-17-33)44-29-32-14-8-3-9-15-32/h1-21,26H,22-25,27-29H2. The molecule has 0 bridgehead atoms. The number of rotatable bonds is 16. The SMILES string of the molecule is O=C(OCCOCc1ccccc1)c1ccc(-c2ccc(OCc3ccccc3)cc2)c(OCCOCc2ccccc2)c1. The number of hydrogen-bond donors (Lipinski definition) is 0. The summed E-state index contributed by atoms with van der Waals surface area (Å²) in [4.78, 5) is 12.9. The second kappa shape index (κ2) is 16.7. The van der Waals surface area contributed by atoms with Gasteiger partial charge in [0, 0.05) is 5.56 Å². The normalized spacial score (nSPS) is 10.7. The van der Waals surface area contributed by atoms with Crippen LogP contribution in [-0.4, -0.2) is 32.4 Å². The van der Waals surface area contributed by atoms with Crippen LogP contribution in [0.15, 0.2) is 133 Å². The van der Waals surface area contributed by atoms with E-state index in [-0.39, 0.29) is 6.61 Å². The molecule has 0 saturated heterocycles. The summed E-state index contributed by atoms with van der Waals surface area (Å²) in [6.07, 6.45) is 0. The quantitative estimate of drug-likeness (QED) is 0.0863. The Hall–Kier alpha value is -4.91. The summed E-state index contributed by atoms with van der Waals surface area (Å²) in [6.45, 7) is 2.64. The van der Waals surface area contributed by atoms with Crippen LogP contribution in [0.4, 0.5) is 0 Å². The zero-order valence-electron chi connectivity index (χ0n) is 24.6. The summed E-state index contributed by atoms with van der Waals surface area (Å²) in [5, 5.41) is 0. The fraction of sp³-hybridized carbons (Fsp3) is 0.184. The van der Waals surface area contributed by atoms with E-state index in [1.807, 2.05) is 121 Å². The molecular weight excluding hydrogens is 552 g/mol. The summed E-state index contributed by atoms with van der Waals surface area (Å²) >= 11 is 0. The van der Waals surface area contributed by atoms with Gasteiger partial charge in [0.1, 0.15) is 31.3 Å². The Morgan fingerprint density at radius 1 is 0.500 bits per heavy atom. The van der Waals surface area contributed by atoms with Crippen molar-refractivity contribution in [3.05, 3.63) is 156 Å². The van der Waals surface area contributed by atoms with E-state index in [0.717, 1.165) is 33.6 Å². The van der Waals surface area contributed by atoms with Crippen LogP contribution in [0.5, 0.6) is 11.5 Å². The minimum atomic E-state index is -0.435. The number of carbonyl (C=O) groups excluding carboxylic acids is 1. The smallest absolute Gasteiger partial charge is 0.338 e. The number of carbonyl (C=O) groups is 1. The highest BCUT2D eigenvalue weighted by Crippen LogP contribution is 2.33. The molecule has 5 aromatic carbocycles. The lowest BCUT2D eigenvalue weighted by molar-refractivity contribution is 0.0288. The van der Waals surface area contributed by atoms with E-state index in [2.05, 4.69) is 0 Å². The molecule has 0 aliphatic heterocycles. The molecule has 0 aliphatic rings. The van der Waals surface area contributed by atoms with Crippen molar-refractivity contribution < 1.29 is 28.5 Å². The third-order valence-electron chi connectivity index (χ3n) is 6.80. The Balaban J connectivity index is 1.20. The van der Waals surface area contributed by atoms with Gasteiger partial charge in [0.25, 0.3) is 0 Å². The maximum Gasteiger partial charge on any atom is 0.338 e. The minimum Gasteiger partial charge on any atom is -0.491 e. The first-order chi connectivity index (χ1) is 21.7. The Bertz CT molecular complexity index is 1550. The van der Waals surface area contributed by atoms with Crippen LogP contribution in [0.2, 0.25) is 0 Å². The van der Waals surface area contributed by atoms with Crippen molar-refractivity contribution in [1.29, 1.82) is 0 Å². The molecule has 224 valence electrons. The van der Waals surface area contributed by atoms with Crippen LogP contribution in [0.3, 0.4) is 0 Å². The van der Waals surface area contributed by atoms with Crippen molar-refractivity contribution >= 4 is 5.97 Å². The van der Waals surface area contributed by atoms with E-state index in [4.69, 9.17) is 23.7 Å². The van der Waals surface area contributed by atoms with Crippen molar-refractivity contribution in [3.63, 3.8) is 0 Å². The van der Waals surface area contributed by atoms with E-state index in [1.54, 1.807) is 12.1 Å². The zero-order valence-corrected chi connectivity index (χ0v) is 24.6. The molecule has 0 amide bonds. The summed E-state index contributed by atoms with van der Waals surface area (Å²) in [7, 11) is 0. The molecule has 0 spiro atoms. The molecule has 0 aromatic heterocycles. The lowest BCUT2D eigenvalue weighted by Gasteiger charge is -2.15. The van der Waals surface area contributed by atoms with Crippen LogP contribution in [0, 0.1) is 0 Å². The third kappa shape index (κ3) is 9.56. The van der Waals surface area contributed by atoms with Crippen LogP contribution in [0.1, 0.15) is 27.0 Å². The van der Waals surface area contributed by atoms with Gasteiger partial charge in [0.2, 0.25) is 0 Å². The van der Waals surface area contributed by atoms with Gasteiger partial charge in [-0.15, -0.1) is 0 Å². The summed E-state index contributed by atoms with van der Waals surface area (Å²) < 4.78 is 29.0. The largest absolute Gasteiger partial charge is 0.491 e. The highest BCUT2D eigenvalue weighted by Gasteiger charge is 2.14. The summed E-state index contributed by atoms with van der Waals surface area (Å²) in [6, 6.07) is 43.1. The van der Waals surface area contributed by atoms with E-state index in [0.29, 0.717) is 51.0 Å². The maximum atomic E-state index is 12.9. The Kier molecular flexibility index (Phi) is 11.6. The lowest BCUT2D eigenvalue weighted by atomic mass is 10.0. The zero-order chi connectivity index (χ0) is 30.2. The molecule has 0 aliphatic carbocycles. The molecule has 44 heavy (non-hydrogen) atoms. The molecule has 6 heteroatoms. The highest BCUT2D eigenvalue weighted by atomic mass is 16.6. The first-order valence-corrected chi connectivity index (χ1v) is 14.7. The monoisotopic (exact) mass is 588 g/mol. The Labute approximate surface area is 258 Å². The van der Waals surface area contributed by atoms with Gasteiger partial charge in [0.15, 0.2) is 0 Å². The molecule has 0 atom stereocenters.